The summed E-state index contributed by atoms with van der Waals surface area (Å²) in [5.74, 6) is 0.209. The average molecular weight is 407 g/mol. The summed E-state index contributed by atoms with van der Waals surface area (Å²) in [6.07, 6.45) is 3.54. The Balaban J connectivity index is 1.71. The average Bonchev–Trinajstić information content (AvgIpc) is 2.61. The quantitative estimate of drug-likeness (QED) is 0.677. The van der Waals surface area contributed by atoms with Gasteiger partial charge in [-0.1, -0.05) is 36.2 Å². The van der Waals surface area contributed by atoms with E-state index in [1.165, 1.54) is 16.4 Å². The van der Waals surface area contributed by atoms with E-state index in [0.717, 1.165) is 19.3 Å². The van der Waals surface area contributed by atoms with Gasteiger partial charge in [-0.15, -0.1) is 0 Å². The first-order chi connectivity index (χ1) is 13.0. The van der Waals surface area contributed by atoms with E-state index in [1.54, 1.807) is 36.4 Å². The maximum atomic E-state index is 13.1. The van der Waals surface area contributed by atoms with E-state index >= 15 is 0 Å². The van der Waals surface area contributed by atoms with Crippen LogP contribution in [-0.2, 0) is 14.8 Å². The summed E-state index contributed by atoms with van der Waals surface area (Å²) < 4.78 is 27.6. The molecule has 1 amide bonds. The predicted octanol–water partition coefficient (Wildman–Crippen LogP) is 3.84. The van der Waals surface area contributed by atoms with Gasteiger partial charge >= 0.3 is 0 Å². The summed E-state index contributed by atoms with van der Waals surface area (Å²) in [6, 6.07) is 15.1. The number of carbonyl (C=O) groups is 1. The number of amides is 1. The molecule has 0 saturated heterocycles. The minimum Gasteiger partial charge on any atom is -0.356 e. The van der Waals surface area contributed by atoms with Crippen LogP contribution in [-0.4, -0.2) is 27.4 Å². The number of nitrogens with zero attached hydrogens (tertiary/aromatic N) is 1. The molecule has 3 rings (SSSR count). The molecule has 0 radical (unpaired) electrons. The molecule has 1 aliphatic rings. The van der Waals surface area contributed by atoms with Gasteiger partial charge in [0.2, 0.25) is 5.91 Å². The fourth-order valence-corrected chi connectivity index (χ4v) is 4.59. The van der Waals surface area contributed by atoms with Gasteiger partial charge in [0.05, 0.1) is 10.6 Å². The minimum atomic E-state index is -3.72. The zero-order chi connectivity index (χ0) is 19.3. The molecule has 1 N–H and O–H groups in total. The summed E-state index contributed by atoms with van der Waals surface area (Å²) >= 11 is 5.88. The summed E-state index contributed by atoms with van der Waals surface area (Å²) in [6.45, 7) is 0.731. The molecule has 0 aliphatic heterocycles. The van der Waals surface area contributed by atoms with Gasteiger partial charge in [-0.3, -0.25) is 9.10 Å². The number of rotatable bonds is 8. The topological polar surface area (TPSA) is 66.5 Å². The third-order valence-electron chi connectivity index (χ3n) is 4.76. The maximum absolute atomic E-state index is 13.1. The molecule has 2 aromatic rings. The second kappa shape index (κ2) is 8.76. The van der Waals surface area contributed by atoms with E-state index in [-0.39, 0.29) is 23.3 Å². The summed E-state index contributed by atoms with van der Waals surface area (Å²) in [5.41, 5.74) is 0.595. The molecule has 0 aromatic heterocycles. The number of sulfonamides is 1. The van der Waals surface area contributed by atoms with Crippen LogP contribution in [0, 0.1) is 5.92 Å². The summed E-state index contributed by atoms with van der Waals surface area (Å²) in [5, 5.41) is 3.40. The van der Waals surface area contributed by atoms with Crippen LogP contribution >= 0.6 is 11.6 Å². The second-order valence-corrected chi connectivity index (χ2v) is 8.94. The van der Waals surface area contributed by atoms with Crippen molar-refractivity contribution in [3.8, 4) is 0 Å². The number of hydrogen-bond donors (Lipinski definition) is 1. The molecule has 1 saturated carbocycles. The summed E-state index contributed by atoms with van der Waals surface area (Å²) in [4.78, 5) is 12.1. The minimum absolute atomic E-state index is 0.0769. The van der Waals surface area contributed by atoms with E-state index in [9.17, 15) is 13.2 Å². The van der Waals surface area contributed by atoms with Crippen LogP contribution < -0.4 is 9.62 Å². The molecule has 2 aromatic carbocycles. The van der Waals surface area contributed by atoms with E-state index in [4.69, 9.17) is 11.6 Å². The largest absolute Gasteiger partial charge is 0.356 e. The third kappa shape index (κ3) is 4.82. The molecule has 5 nitrogen and oxygen atoms in total. The number of anilines is 1. The van der Waals surface area contributed by atoms with Crippen LogP contribution in [0.5, 0.6) is 0 Å². The zero-order valence-corrected chi connectivity index (χ0v) is 16.5. The van der Waals surface area contributed by atoms with Crippen LogP contribution in [0.1, 0.15) is 25.7 Å². The normalized spacial score (nSPS) is 14.4. The van der Waals surface area contributed by atoms with Crippen molar-refractivity contribution in [2.24, 2.45) is 5.92 Å². The maximum Gasteiger partial charge on any atom is 0.264 e. The predicted molar refractivity (Wildman–Crippen MR) is 107 cm³/mol. The SMILES string of the molecule is O=C(NCCCN(c1ccccc1)S(=O)(=O)c1ccc(Cl)cc1)C1CCC1. The van der Waals surface area contributed by atoms with Gasteiger partial charge < -0.3 is 5.32 Å². The molecule has 27 heavy (non-hydrogen) atoms. The highest BCUT2D eigenvalue weighted by Gasteiger charge is 2.26. The Hall–Kier alpha value is -2.05. The van der Waals surface area contributed by atoms with Crippen molar-refractivity contribution >= 4 is 33.2 Å². The van der Waals surface area contributed by atoms with Crippen molar-refractivity contribution in [3.63, 3.8) is 0 Å². The number of benzene rings is 2. The van der Waals surface area contributed by atoms with Crippen LogP contribution in [0.2, 0.25) is 5.02 Å². The molecule has 7 heteroatoms. The Morgan fingerprint density at radius 2 is 1.74 bits per heavy atom. The van der Waals surface area contributed by atoms with Gasteiger partial charge in [0.15, 0.2) is 0 Å². The van der Waals surface area contributed by atoms with Crippen molar-refractivity contribution in [1.29, 1.82) is 0 Å². The molecule has 144 valence electrons. The third-order valence-corrected chi connectivity index (χ3v) is 6.85. The monoisotopic (exact) mass is 406 g/mol. The Bertz CT molecular complexity index is 866. The fourth-order valence-electron chi connectivity index (χ4n) is 2.97. The number of carbonyl (C=O) groups excluding carboxylic acids is 1. The Morgan fingerprint density at radius 1 is 1.07 bits per heavy atom. The van der Waals surface area contributed by atoms with Crippen molar-refractivity contribution in [1.82, 2.24) is 5.32 Å². The van der Waals surface area contributed by atoms with Crippen LogP contribution in [0.25, 0.3) is 0 Å². The Labute approximate surface area is 165 Å². The first-order valence-corrected chi connectivity index (χ1v) is 10.9. The van der Waals surface area contributed by atoms with Gasteiger partial charge in [0.25, 0.3) is 10.0 Å². The lowest BCUT2D eigenvalue weighted by molar-refractivity contribution is -0.127. The number of nitrogens with one attached hydrogen (secondary N) is 1. The molecule has 0 atom stereocenters. The smallest absolute Gasteiger partial charge is 0.264 e. The number of hydrogen-bond acceptors (Lipinski definition) is 3. The van der Waals surface area contributed by atoms with Crippen molar-refractivity contribution in [2.75, 3.05) is 17.4 Å². The molecule has 0 spiro atoms. The molecule has 0 heterocycles. The Kier molecular flexibility index (Phi) is 6.39. The van der Waals surface area contributed by atoms with Crippen LogP contribution in [0.4, 0.5) is 5.69 Å². The lowest BCUT2D eigenvalue weighted by atomic mass is 9.85. The lowest BCUT2D eigenvalue weighted by Crippen LogP contribution is -2.37. The highest BCUT2D eigenvalue weighted by molar-refractivity contribution is 7.92. The first-order valence-electron chi connectivity index (χ1n) is 9.09. The zero-order valence-electron chi connectivity index (χ0n) is 15.0. The van der Waals surface area contributed by atoms with Crippen molar-refractivity contribution < 1.29 is 13.2 Å². The van der Waals surface area contributed by atoms with E-state index in [2.05, 4.69) is 5.32 Å². The molecular formula is C20H23ClN2O3S. The first kappa shape index (κ1) is 19.7. The molecule has 1 fully saturated rings. The standard InChI is InChI=1S/C20H23ClN2O3S/c21-17-10-12-19(13-11-17)27(25,26)23(18-8-2-1-3-9-18)15-5-14-22-20(24)16-6-4-7-16/h1-3,8-13,16H,4-7,14-15H2,(H,22,24). The van der Waals surface area contributed by atoms with E-state index in [1.807, 2.05) is 6.07 Å². The fraction of sp³-hybridized carbons (Fsp3) is 0.350. The van der Waals surface area contributed by atoms with Crippen LogP contribution in [0.15, 0.2) is 59.5 Å². The van der Waals surface area contributed by atoms with Gasteiger partial charge in [-0.05, 0) is 55.7 Å². The van der Waals surface area contributed by atoms with Crippen LogP contribution in [0.3, 0.4) is 0 Å². The highest BCUT2D eigenvalue weighted by atomic mass is 35.5. The van der Waals surface area contributed by atoms with Crippen molar-refractivity contribution in [2.45, 2.75) is 30.6 Å². The van der Waals surface area contributed by atoms with Gasteiger partial charge in [-0.25, -0.2) is 8.42 Å². The molecule has 0 bridgehead atoms. The van der Waals surface area contributed by atoms with E-state index < -0.39 is 10.0 Å². The van der Waals surface area contributed by atoms with Gasteiger partial charge in [-0.2, -0.15) is 0 Å². The van der Waals surface area contributed by atoms with Gasteiger partial charge in [0.1, 0.15) is 0 Å². The van der Waals surface area contributed by atoms with Crippen molar-refractivity contribution in [3.05, 3.63) is 59.6 Å². The second-order valence-electron chi connectivity index (χ2n) is 6.64. The van der Waals surface area contributed by atoms with E-state index in [0.29, 0.717) is 23.7 Å². The Morgan fingerprint density at radius 3 is 2.33 bits per heavy atom. The molecule has 1 aliphatic carbocycles. The highest BCUT2D eigenvalue weighted by Crippen LogP contribution is 2.26. The lowest BCUT2D eigenvalue weighted by Gasteiger charge is -2.26. The van der Waals surface area contributed by atoms with Gasteiger partial charge in [0, 0.05) is 24.0 Å². The summed E-state index contributed by atoms with van der Waals surface area (Å²) in [7, 11) is -3.72. The molecule has 0 unspecified atom stereocenters. The molecular weight excluding hydrogens is 384 g/mol. The number of para-hydroxylation sites is 1. The number of halogens is 1.